The predicted octanol–water partition coefficient (Wildman–Crippen LogP) is 2.51. The van der Waals surface area contributed by atoms with E-state index in [1.165, 1.54) is 6.20 Å². The first-order chi connectivity index (χ1) is 13.5. The number of rotatable bonds is 2. The number of halogens is 1. The monoisotopic (exact) mass is 398 g/mol. The highest BCUT2D eigenvalue weighted by Gasteiger charge is 2.23. The Morgan fingerprint density at radius 2 is 1.96 bits per heavy atom. The Bertz CT molecular complexity index is 1090. The molecule has 144 valence electrons. The molecule has 0 bridgehead atoms. The van der Waals surface area contributed by atoms with Crippen molar-refractivity contribution >= 4 is 45.7 Å². The average Bonchev–Trinajstić information content (AvgIpc) is 2.69. The minimum atomic E-state index is -0.327. The fourth-order valence-electron chi connectivity index (χ4n) is 3.33. The first-order valence-corrected chi connectivity index (χ1v) is 9.23. The van der Waals surface area contributed by atoms with Gasteiger partial charge in [0, 0.05) is 54.5 Å². The summed E-state index contributed by atoms with van der Waals surface area (Å²) in [4.78, 5) is 34.9. The van der Waals surface area contributed by atoms with Crippen LogP contribution in [0.3, 0.4) is 0 Å². The molecule has 1 saturated heterocycles. The van der Waals surface area contributed by atoms with E-state index in [1.54, 1.807) is 23.1 Å². The fraction of sp³-hybridized carbons (Fsp3) is 0.211. The van der Waals surface area contributed by atoms with Gasteiger partial charge < -0.3 is 25.8 Å². The second-order valence-corrected chi connectivity index (χ2v) is 6.98. The number of nitrogen functional groups attached to an aromatic ring is 1. The maximum absolute atomic E-state index is 12.5. The van der Waals surface area contributed by atoms with Crippen molar-refractivity contribution in [1.29, 1.82) is 0 Å². The third-order valence-corrected chi connectivity index (χ3v) is 4.97. The number of urea groups is 1. The lowest BCUT2D eigenvalue weighted by atomic mass is 10.1. The van der Waals surface area contributed by atoms with Gasteiger partial charge in [-0.3, -0.25) is 4.79 Å². The molecule has 4 N–H and O–H groups in total. The standard InChI is InChI=1S/C19H19ClN6O2/c20-12-3-4-13-15(10-12)23-17(21)11-16(13)25-6-8-26(9-7-25)19(28)24-14-2-1-5-22-18(14)27/h1-5,10-11H,6-9H2,(H2,21,23)(H,22,27)(H,24,28). The van der Waals surface area contributed by atoms with Crippen molar-refractivity contribution in [3.63, 3.8) is 0 Å². The summed E-state index contributed by atoms with van der Waals surface area (Å²) >= 11 is 6.07. The summed E-state index contributed by atoms with van der Waals surface area (Å²) in [6.45, 7) is 2.32. The van der Waals surface area contributed by atoms with E-state index in [0.717, 1.165) is 16.6 Å². The first kappa shape index (κ1) is 18.1. The van der Waals surface area contributed by atoms with Crippen molar-refractivity contribution in [2.75, 3.05) is 42.1 Å². The van der Waals surface area contributed by atoms with Crippen LogP contribution in [0.5, 0.6) is 0 Å². The van der Waals surface area contributed by atoms with Crippen LogP contribution in [-0.4, -0.2) is 47.1 Å². The van der Waals surface area contributed by atoms with Crippen LogP contribution in [0, 0.1) is 0 Å². The number of nitrogens with two attached hydrogens (primary N) is 1. The number of piperazine rings is 1. The maximum Gasteiger partial charge on any atom is 0.322 e. The molecule has 2 amide bonds. The number of fused-ring (bicyclic) bond motifs is 1. The largest absolute Gasteiger partial charge is 0.384 e. The van der Waals surface area contributed by atoms with Gasteiger partial charge in [0.05, 0.1) is 5.52 Å². The molecule has 1 aliphatic heterocycles. The van der Waals surface area contributed by atoms with Gasteiger partial charge in [0.1, 0.15) is 11.5 Å². The lowest BCUT2D eigenvalue weighted by molar-refractivity contribution is 0.208. The number of carbonyl (C=O) groups excluding carboxylic acids is 1. The second-order valence-electron chi connectivity index (χ2n) is 6.54. The first-order valence-electron chi connectivity index (χ1n) is 8.85. The van der Waals surface area contributed by atoms with Crippen molar-refractivity contribution in [3.8, 4) is 0 Å². The molecule has 3 aromatic rings. The van der Waals surface area contributed by atoms with E-state index >= 15 is 0 Å². The number of carbonyl (C=O) groups is 1. The Morgan fingerprint density at radius 3 is 2.71 bits per heavy atom. The van der Waals surface area contributed by atoms with Crippen molar-refractivity contribution in [2.45, 2.75) is 0 Å². The zero-order valence-electron chi connectivity index (χ0n) is 15.0. The van der Waals surface area contributed by atoms with Gasteiger partial charge in [-0.25, -0.2) is 9.78 Å². The predicted molar refractivity (Wildman–Crippen MR) is 111 cm³/mol. The number of hydrogen-bond donors (Lipinski definition) is 3. The summed E-state index contributed by atoms with van der Waals surface area (Å²) in [5, 5.41) is 4.23. The van der Waals surface area contributed by atoms with E-state index in [-0.39, 0.29) is 17.3 Å². The normalized spacial score (nSPS) is 14.3. The molecule has 0 atom stereocenters. The van der Waals surface area contributed by atoms with Crippen LogP contribution in [0.15, 0.2) is 47.4 Å². The van der Waals surface area contributed by atoms with E-state index in [2.05, 4.69) is 20.2 Å². The quantitative estimate of drug-likeness (QED) is 0.614. The number of amides is 2. The lowest BCUT2D eigenvalue weighted by Gasteiger charge is -2.36. The van der Waals surface area contributed by atoms with Crippen LogP contribution in [0.25, 0.3) is 10.9 Å². The van der Waals surface area contributed by atoms with Gasteiger partial charge in [-0.2, -0.15) is 0 Å². The van der Waals surface area contributed by atoms with Crippen molar-refractivity contribution < 1.29 is 4.79 Å². The van der Waals surface area contributed by atoms with E-state index in [0.29, 0.717) is 37.0 Å². The third-order valence-electron chi connectivity index (χ3n) is 4.74. The zero-order chi connectivity index (χ0) is 19.7. The van der Waals surface area contributed by atoms with Gasteiger partial charge in [-0.05, 0) is 30.3 Å². The number of anilines is 3. The molecule has 0 spiro atoms. The third kappa shape index (κ3) is 3.59. The Kier molecular flexibility index (Phi) is 4.79. The maximum atomic E-state index is 12.5. The summed E-state index contributed by atoms with van der Waals surface area (Å²) < 4.78 is 0. The summed E-state index contributed by atoms with van der Waals surface area (Å²) in [7, 11) is 0. The van der Waals surface area contributed by atoms with E-state index in [9.17, 15) is 9.59 Å². The fourth-order valence-corrected chi connectivity index (χ4v) is 3.50. The summed E-state index contributed by atoms with van der Waals surface area (Å²) in [5.74, 6) is 0.424. The molecule has 4 rings (SSSR count). The van der Waals surface area contributed by atoms with E-state index in [4.69, 9.17) is 17.3 Å². The SMILES string of the molecule is Nc1cc(N2CCN(C(=O)Nc3ccc[nH]c3=O)CC2)c2ccc(Cl)cc2n1. The molecule has 3 heterocycles. The number of nitrogens with one attached hydrogen (secondary N) is 2. The minimum Gasteiger partial charge on any atom is -0.384 e. The molecule has 2 aromatic heterocycles. The van der Waals surface area contributed by atoms with Crippen LogP contribution in [0.2, 0.25) is 5.02 Å². The number of aromatic amines is 1. The van der Waals surface area contributed by atoms with Crippen LogP contribution in [-0.2, 0) is 0 Å². The van der Waals surface area contributed by atoms with Crippen molar-refractivity contribution in [1.82, 2.24) is 14.9 Å². The van der Waals surface area contributed by atoms with Crippen LogP contribution < -0.4 is 21.5 Å². The summed E-state index contributed by atoms with van der Waals surface area (Å²) in [5.41, 5.74) is 7.59. The molecule has 28 heavy (non-hydrogen) atoms. The van der Waals surface area contributed by atoms with E-state index in [1.807, 2.05) is 18.2 Å². The smallest absolute Gasteiger partial charge is 0.322 e. The van der Waals surface area contributed by atoms with Gasteiger partial charge in [-0.1, -0.05) is 11.6 Å². The molecule has 0 radical (unpaired) electrons. The lowest BCUT2D eigenvalue weighted by Crippen LogP contribution is -2.50. The molecular formula is C19H19ClN6O2. The van der Waals surface area contributed by atoms with Crippen LogP contribution in [0.1, 0.15) is 0 Å². The molecule has 8 nitrogen and oxygen atoms in total. The Balaban J connectivity index is 1.49. The molecule has 0 aliphatic carbocycles. The minimum absolute atomic E-state index is 0.236. The van der Waals surface area contributed by atoms with Gasteiger partial charge in [0.2, 0.25) is 0 Å². The van der Waals surface area contributed by atoms with Crippen molar-refractivity contribution in [2.24, 2.45) is 0 Å². The highest BCUT2D eigenvalue weighted by molar-refractivity contribution is 6.31. The number of H-pyrrole nitrogens is 1. The highest BCUT2D eigenvalue weighted by Crippen LogP contribution is 2.30. The number of pyridine rings is 2. The molecule has 9 heteroatoms. The Morgan fingerprint density at radius 1 is 1.18 bits per heavy atom. The zero-order valence-corrected chi connectivity index (χ0v) is 15.7. The van der Waals surface area contributed by atoms with E-state index < -0.39 is 0 Å². The summed E-state index contributed by atoms with van der Waals surface area (Å²) in [6, 6.07) is 10.3. The van der Waals surface area contributed by atoms with Gasteiger partial charge in [-0.15, -0.1) is 0 Å². The number of nitrogens with zero attached hydrogens (tertiary/aromatic N) is 3. The number of hydrogen-bond acceptors (Lipinski definition) is 5. The summed E-state index contributed by atoms with van der Waals surface area (Å²) in [6.07, 6.45) is 1.52. The Hall–Kier alpha value is -3.26. The number of aromatic nitrogens is 2. The van der Waals surface area contributed by atoms with Crippen LogP contribution >= 0.6 is 11.6 Å². The van der Waals surface area contributed by atoms with Crippen LogP contribution in [0.4, 0.5) is 22.0 Å². The Labute approximate surface area is 165 Å². The second kappa shape index (κ2) is 7.40. The molecule has 1 fully saturated rings. The number of benzene rings is 1. The topological polar surface area (TPSA) is 107 Å². The molecule has 1 aliphatic rings. The van der Waals surface area contributed by atoms with Gasteiger partial charge in [0.15, 0.2) is 0 Å². The molecular weight excluding hydrogens is 380 g/mol. The molecule has 0 saturated carbocycles. The van der Waals surface area contributed by atoms with Gasteiger partial charge in [0.25, 0.3) is 5.56 Å². The van der Waals surface area contributed by atoms with Gasteiger partial charge >= 0.3 is 6.03 Å². The molecule has 1 aromatic carbocycles. The average molecular weight is 399 g/mol. The van der Waals surface area contributed by atoms with Crippen molar-refractivity contribution in [3.05, 3.63) is 58.0 Å². The highest BCUT2D eigenvalue weighted by atomic mass is 35.5. The molecule has 0 unspecified atom stereocenters.